The Morgan fingerprint density at radius 3 is 2.42 bits per heavy atom. The average molecular weight is 459 g/mol. The molecule has 0 unspecified atom stereocenters. The van der Waals surface area contributed by atoms with E-state index in [4.69, 9.17) is 33.2 Å². The Morgan fingerprint density at radius 2 is 1.77 bits per heavy atom. The molecule has 0 spiro atoms. The number of Topliss-reactive ketones (excluding diaryl/α,β-unsaturated/α-hetero) is 2. The number of dihydropyridines is 1. The van der Waals surface area contributed by atoms with Gasteiger partial charge in [-0.2, -0.15) is 15.4 Å². The van der Waals surface area contributed by atoms with Crippen LogP contribution >= 0.6 is 23.2 Å². The Labute approximate surface area is 187 Å². The van der Waals surface area contributed by atoms with Crippen molar-refractivity contribution in [1.82, 2.24) is 0 Å². The van der Waals surface area contributed by atoms with Crippen molar-refractivity contribution in [3.05, 3.63) is 33.8 Å². The summed E-state index contributed by atoms with van der Waals surface area (Å²) < 4.78 is 5.80. The van der Waals surface area contributed by atoms with Gasteiger partial charge in [0.25, 0.3) is 5.91 Å². The number of carbonyl (C=O) groups is 3. The predicted octanol–water partition coefficient (Wildman–Crippen LogP) is 3.66. The fraction of sp³-hybridized carbons (Fsp3) is 0.333. The number of aliphatic imine (C=N–C) groups is 1. The first-order valence-corrected chi connectivity index (χ1v) is 10.4. The molecule has 0 aromatic heterocycles. The van der Waals surface area contributed by atoms with Gasteiger partial charge in [-0.25, -0.2) is 4.99 Å². The number of ketones is 2. The van der Waals surface area contributed by atoms with Crippen LogP contribution in [0, 0.1) is 17.2 Å². The van der Waals surface area contributed by atoms with E-state index in [1.807, 2.05) is 0 Å². The van der Waals surface area contributed by atoms with Gasteiger partial charge < -0.3 is 4.74 Å². The van der Waals surface area contributed by atoms with Crippen molar-refractivity contribution in [3.8, 4) is 11.8 Å². The first-order valence-electron chi connectivity index (χ1n) is 9.68. The number of nitrogens with zero attached hydrogens (tertiary/aromatic N) is 4. The maximum Gasteiger partial charge on any atom is 0.255 e. The maximum atomic E-state index is 12.3. The van der Waals surface area contributed by atoms with Crippen LogP contribution in [0.25, 0.3) is 0 Å². The van der Waals surface area contributed by atoms with Gasteiger partial charge in [0.15, 0.2) is 11.5 Å². The second-order valence-electron chi connectivity index (χ2n) is 7.37. The van der Waals surface area contributed by atoms with Gasteiger partial charge in [-0.15, -0.1) is 0 Å². The summed E-state index contributed by atoms with van der Waals surface area (Å²) in [7, 11) is 0. The first-order chi connectivity index (χ1) is 14.9. The van der Waals surface area contributed by atoms with E-state index in [9.17, 15) is 14.4 Å². The average Bonchev–Trinajstić information content (AvgIpc) is 3.26. The fourth-order valence-corrected chi connectivity index (χ4v) is 4.36. The fourth-order valence-electron chi connectivity index (χ4n) is 3.81. The Kier molecular flexibility index (Phi) is 5.90. The van der Waals surface area contributed by atoms with E-state index in [0.29, 0.717) is 5.57 Å². The molecule has 1 aromatic carbocycles. The van der Waals surface area contributed by atoms with Crippen molar-refractivity contribution in [3.63, 3.8) is 0 Å². The molecule has 31 heavy (non-hydrogen) atoms. The monoisotopic (exact) mass is 458 g/mol. The lowest BCUT2D eigenvalue weighted by atomic mass is 9.92. The van der Waals surface area contributed by atoms with E-state index in [0.717, 1.165) is 30.7 Å². The summed E-state index contributed by atoms with van der Waals surface area (Å²) in [6.45, 7) is 0.00689. The van der Waals surface area contributed by atoms with Crippen LogP contribution in [0.1, 0.15) is 32.1 Å². The van der Waals surface area contributed by atoms with Crippen molar-refractivity contribution in [2.45, 2.75) is 32.1 Å². The standard InChI is InChI=1S/C21H16Cl2N4O4/c22-14-5-12(27-20(30)8-17(28)16(9-24)26-27)6-15(23)21(14)31-19-7-13(18(29)10-25-19)11-3-1-2-4-11/h5-7,11H,1-4,8,10H2. The Hall–Kier alpha value is -3.02. The molecule has 4 rings (SSSR count). The van der Waals surface area contributed by atoms with Crippen molar-refractivity contribution in [2.75, 3.05) is 11.6 Å². The third-order valence-corrected chi connectivity index (χ3v) is 5.89. The molecule has 10 heteroatoms. The van der Waals surface area contributed by atoms with Crippen molar-refractivity contribution in [2.24, 2.45) is 16.0 Å². The second-order valence-corrected chi connectivity index (χ2v) is 8.18. The molecule has 0 N–H and O–H groups in total. The lowest BCUT2D eigenvalue weighted by Crippen LogP contribution is -2.36. The highest BCUT2D eigenvalue weighted by Gasteiger charge is 2.30. The summed E-state index contributed by atoms with van der Waals surface area (Å²) in [5.74, 6) is -0.680. The number of ether oxygens (including phenoxy) is 1. The molecular formula is C21H16Cl2N4O4. The van der Waals surface area contributed by atoms with E-state index >= 15 is 0 Å². The molecule has 3 aliphatic rings. The van der Waals surface area contributed by atoms with Gasteiger partial charge in [-0.05, 0) is 30.9 Å². The number of hydrogen-bond acceptors (Lipinski definition) is 7. The zero-order valence-corrected chi connectivity index (χ0v) is 17.7. The topological polar surface area (TPSA) is 112 Å². The molecule has 1 amide bonds. The molecule has 0 radical (unpaired) electrons. The number of rotatable bonds is 3. The molecular weight excluding hydrogens is 443 g/mol. The largest absolute Gasteiger partial charge is 0.436 e. The van der Waals surface area contributed by atoms with E-state index < -0.39 is 18.1 Å². The van der Waals surface area contributed by atoms with Crippen molar-refractivity contribution in [1.29, 1.82) is 5.26 Å². The number of nitriles is 1. The molecule has 1 fully saturated rings. The first kappa shape index (κ1) is 21.2. The van der Waals surface area contributed by atoms with E-state index in [1.165, 1.54) is 12.1 Å². The third kappa shape index (κ3) is 4.24. The van der Waals surface area contributed by atoms with Gasteiger partial charge in [-0.1, -0.05) is 36.0 Å². The minimum absolute atomic E-state index is 0.00360. The SMILES string of the molecule is N#CC1=NN(c2cc(Cl)c(OC3=NCC(=O)C(C4CCCC4)=C3)c(Cl)c2)C(=O)CC1=O. The summed E-state index contributed by atoms with van der Waals surface area (Å²) >= 11 is 12.7. The Balaban J connectivity index is 1.61. The van der Waals surface area contributed by atoms with Crippen LogP contribution < -0.4 is 9.75 Å². The molecule has 2 heterocycles. The highest BCUT2D eigenvalue weighted by atomic mass is 35.5. The molecule has 1 aliphatic carbocycles. The molecule has 158 valence electrons. The molecule has 0 saturated heterocycles. The number of anilines is 1. The smallest absolute Gasteiger partial charge is 0.255 e. The van der Waals surface area contributed by atoms with E-state index in [2.05, 4.69) is 10.1 Å². The summed E-state index contributed by atoms with van der Waals surface area (Å²) in [4.78, 5) is 40.3. The zero-order chi connectivity index (χ0) is 22.1. The molecule has 1 aromatic rings. The number of carbonyl (C=O) groups excluding carboxylic acids is 3. The zero-order valence-electron chi connectivity index (χ0n) is 16.2. The van der Waals surface area contributed by atoms with Crippen LogP contribution in [0.4, 0.5) is 5.69 Å². The van der Waals surface area contributed by atoms with Crippen LogP contribution in [-0.2, 0) is 14.4 Å². The Bertz CT molecular complexity index is 1100. The number of hydrazone groups is 1. The summed E-state index contributed by atoms with van der Waals surface area (Å²) in [5, 5.41) is 13.9. The Morgan fingerprint density at radius 1 is 1.10 bits per heavy atom. The quantitative estimate of drug-likeness (QED) is 0.641. The van der Waals surface area contributed by atoms with Crippen LogP contribution in [0.3, 0.4) is 0 Å². The number of hydrogen-bond donors (Lipinski definition) is 0. The van der Waals surface area contributed by atoms with Crippen LogP contribution in [0.15, 0.2) is 33.9 Å². The number of amides is 1. The van der Waals surface area contributed by atoms with Gasteiger partial charge in [0.1, 0.15) is 12.6 Å². The van der Waals surface area contributed by atoms with Crippen molar-refractivity contribution < 1.29 is 19.1 Å². The number of benzene rings is 1. The number of halogens is 2. The van der Waals surface area contributed by atoms with Gasteiger partial charge in [0, 0.05) is 11.6 Å². The van der Waals surface area contributed by atoms with Gasteiger partial charge in [-0.3, -0.25) is 14.4 Å². The lowest BCUT2D eigenvalue weighted by molar-refractivity contribution is -0.124. The van der Waals surface area contributed by atoms with E-state index in [-0.39, 0.29) is 51.3 Å². The summed E-state index contributed by atoms with van der Waals surface area (Å²) in [6.07, 6.45) is 5.31. The van der Waals surface area contributed by atoms with Crippen LogP contribution in [0.5, 0.6) is 5.75 Å². The third-order valence-electron chi connectivity index (χ3n) is 5.33. The van der Waals surface area contributed by atoms with Gasteiger partial charge in [0.2, 0.25) is 17.4 Å². The summed E-state index contributed by atoms with van der Waals surface area (Å²) in [6, 6.07) is 4.45. The molecule has 0 atom stereocenters. The molecule has 8 nitrogen and oxygen atoms in total. The van der Waals surface area contributed by atoms with Gasteiger partial charge >= 0.3 is 0 Å². The molecule has 0 bridgehead atoms. The highest BCUT2D eigenvalue weighted by Crippen LogP contribution is 2.39. The second kappa shape index (κ2) is 8.61. The maximum absolute atomic E-state index is 12.3. The van der Waals surface area contributed by atoms with Crippen LogP contribution in [0.2, 0.25) is 10.0 Å². The van der Waals surface area contributed by atoms with Gasteiger partial charge in [0.05, 0.1) is 22.2 Å². The minimum atomic E-state index is -0.643. The highest BCUT2D eigenvalue weighted by molar-refractivity contribution is 6.50. The lowest BCUT2D eigenvalue weighted by Gasteiger charge is -2.22. The molecule has 2 aliphatic heterocycles. The predicted molar refractivity (Wildman–Crippen MR) is 115 cm³/mol. The van der Waals surface area contributed by atoms with Crippen molar-refractivity contribution >= 4 is 58.0 Å². The molecule has 1 saturated carbocycles. The van der Waals surface area contributed by atoms with E-state index in [1.54, 1.807) is 12.1 Å². The minimum Gasteiger partial charge on any atom is -0.436 e. The van der Waals surface area contributed by atoms with Crippen LogP contribution in [-0.4, -0.2) is 35.6 Å². The normalized spacial score (nSPS) is 19.7. The summed E-state index contributed by atoms with van der Waals surface area (Å²) in [5.41, 5.74) is 0.529.